The Bertz CT molecular complexity index is 1290. The van der Waals surface area contributed by atoms with Gasteiger partial charge < -0.3 is 15.4 Å². The molecule has 2 amide bonds. The van der Waals surface area contributed by atoms with E-state index in [1.54, 1.807) is 0 Å². The van der Waals surface area contributed by atoms with Gasteiger partial charge in [0.2, 0.25) is 11.8 Å². The van der Waals surface area contributed by atoms with Crippen molar-refractivity contribution in [1.82, 2.24) is 10.6 Å². The smallest absolute Gasteiger partial charge is 0.220 e. The molecule has 4 fully saturated rings. The van der Waals surface area contributed by atoms with E-state index in [0.29, 0.717) is 42.1 Å². The van der Waals surface area contributed by atoms with Gasteiger partial charge in [-0.15, -0.1) is 0 Å². The molecule has 9 atom stereocenters. The van der Waals surface area contributed by atoms with Gasteiger partial charge in [0.05, 0.1) is 5.60 Å². The summed E-state index contributed by atoms with van der Waals surface area (Å²) in [6.07, 6.45) is 46.1. The quantitative estimate of drug-likeness (QED) is 0.0510. The Morgan fingerprint density at radius 1 is 0.667 bits per heavy atom. The van der Waals surface area contributed by atoms with Crippen LogP contribution in [0.5, 0.6) is 0 Å². The molecule has 0 radical (unpaired) electrons. The Morgan fingerprint density at radius 2 is 1.29 bits per heavy atom. The summed E-state index contributed by atoms with van der Waals surface area (Å²) >= 11 is 0. The van der Waals surface area contributed by atoms with E-state index in [1.807, 2.05) is 0 Å². The van der Waals surface area contributed by atoms with Crippen molar-refractivity contribution < 1.29 is 14.3 Å². The van der Waals surface area contributed by atoms with Crippen LogP contribution < -0.4 is 10.6 Å². The normalized spacial score (nSPS) is 28.8. The minimum absolute atomic E-state index is 0.126. The number of allylic oxidation sites excluding steroid dienone is 2. The molecule has 0 spiro atoms. The van der Waals surface area contributed by atoms with Crippen molar-refractivity contribution in [3.8, 4) is 0 Å². The van der Waals surface area contributed by atoms with Crippen LogP contribution >= 0.6 is 0 Å². The average molecular weight is 879 g/mol. The van der Waals surface area contributed by atoms with Gasteiger partial charge >= 0.3 is 0 Å². The van der Waals surface area contributed by atoms with Gasteiger partial charge in [-0.25, -0.2) is 0 Å². The van der Waals surface area contributed by atoms with Crippen molar-refractivity contribution in [2.24, 2.45) is 58.2 Å². The topological polar surface area (TPSA) is 67.4 Å². The van der Waals surface area contributed by atoms with E-state index >= 15 is 0 Å². The molecule has 4 aliphatic rings. The van der Waals surface area contributed by atoms with Gasteiger partial charge in [0.25, 0.3) is 0 Å². The van der Waals surface area contributed by atoms with Gasteiger partial charge in [0.1, 0.15) is 0 Å². The maximum absolute atomic E-state index is 12.9. The summed E-state index contributed by atoms with van der Waals surface area (Å²) in [6, 6.07) is 0. The minimum Gasteiger partial charge on any atom is -0.375 e. The van der Waals surface area contributed by atoms with Crippen molar-refractivity contribution in [2.45, 2.75) is 266 Å². The Kier molecular flexibility index (Phi) is 24.7. The van der Waals surface area contributed by atoms with Gasteiger partial charge in [-0.05, 0) is 188 Å². The van der Waals surface area contributed by atoms with Crippen LogP contribution in [0, 0.1) is 58.2 Å². The van der Waals surface area contributed by atoms with Crippen LogP contribution in [0.1, 0.15) is 261 Å². The molecule has 4 rings (SSSR count). The summed E-state index contributed by atoms with van der Waals surface area (Å²) in [5, 5.41) is 6.28. The Balaban J connectivity index is 1.04. The predicted molar refractivity (Wildman–Crippen MR) is 270 cm³/mol. The van der Waals surface area contributed by atoms with Crippen molar-refractivity contribution in [3.63, 3.8) is 0 Å². The highest BCUT2D eigenvalue weighted by Gasteiger charge is 2.60. The highest BCUT2D eigenvalue weighted by atomic mass is 16.5. The fraction of sp³-hybridized carbons (Fsp3) is 0.931. The zero-order chi connectivity index (χ0) is 45.6. The van der Waals surface area contributed by atoms with Gasteiger partial charge in [-0.2, -0.15) is 0 Å². The predicted octanol–water partition coefficient (Wildman–Crippen LogP) is 16.1. The molecule has 366 valence electrons. The van der Waals surface area contributed by atoms with Crippen LogP contribution in [0.3, 0.4) is 0 Å². The van der Waals surface area contributed by atoms with E-state index in [2.05, 4.69) is 78.2 Å². The Hall–Kier alpha value is -1.36. The summed E-state index contributed by atoms with van der Waals surface area (Å²) in [5.41, 5.74) is 0.832. The molecule has 0 saturated heterocycles. The Morgan fingerprint density at radius 3 is 2.00 bits per heavy atom. The number of hydrogen-bond donors (Lipinski definition) is 2. The lowest BCUT2D eigenvalue weighted by atomic mass is 9.44. The lowest BCUT2D eigenvalue weighted by molar-refractivity contribution is -0.124. The highest BCUT2D eigenvalue weighted by molar-refractivity contribution is 5.76. The minimum atomic E-state index is -0.212. The van der Waals surface area contributed by atoms with Crippen LogP contribution in [0.15, 0.2) is 12.2 Å². The van der Waals surface area contributed by atoms with Crippen LogP contribution in [0.2, 0.25) is 0 Å². The van der Waals surface area contributed by atoms with E-state index in [9.17, 15) is 9.59 Å². The third-order valence-electron chi connectivity index (χ3n) is 18.1. The second kappa shape index (κ2) is 28.7. The molecule has 2 N–H and O–H groups in total. The summed E-state index contributed by atoms with van der Waals surface area (Å²) in [7, 11) is 0. The summed E-state index contributed by atoms with van der Waals surface area (Å²) < 4.78 is 6.03. The van der Waals surface area contributed by atoms with Gasteiger partial charge in [-0.1, -0.05) is 131 Å². The lowest BCUT2D eigenvalue weighted by Crippen LogP contribution is -2.53. The number of ether oxygens (including phenoxy) is 1. The zero-order valence-electron chi connectivity index (χ0n) is 43.2. The molecule has 63 heavy (non-hydrogen) atoms. The van der Waals surface area contributed by atoms with Crippen LogP contribution in [-0.4, -0.2) is 37.1 Å². The first-order chi connectivity index (χ1) is 30.3. The number of amides is 2. The van der Waals surface area contributed by atoms with Crippen LogP contribution in [-0.2, 0) is 14.3 Å². The average Bonchev–Trinajstić information content (AvgIpc) is 3.61. The molecule has 4 aliphatic carbocycles. The molecule has 0 bridgehead atoms. The number of unbranched alkanes of at least 4 members (excludes halogenated alkanes) is 14. The van der Waals surface area contributed by atoms with Gasteiger partial charge in [-0.3, -0.25) is 9.59 Å². The molecular weight excluding hydrogens is 773 g/mol. The maximum atomic E-state index is 12.9. The van der Waals surface area contributed by atoms with E-state index in [-0.39, 0.29) is 17.4 Å². The first-order valence-electron chi connectivity index (χ1n) is 28.1. The molecule has 5 unspecified atom stereocenters. The van der Waals surface area contributed by atoms with Gasteiger partial charge in [0.15, 0.2) is 0 Å². The molecule has 0 aliphatic heterocycles. The van der Waals surface area contributed by atoms with Crippen molar-refractivity contribution >= 4 is 11.8 Å². The van der Waals surface area contributed by atoms with Gasteiger partial charge in [0, 0.05) is 32.5 Å². The Labute approximate surface area is 391 Å². The fourth-order valence-electron chi connectivity index (χ4n) is 14.0. The second-order valence-electron chi connectivity index (χ2n) is 23.8. The highest BCUT2D eigenvalue weighted by Crippen LogP contribution is 2.68. The second-order valence-corrected chi connectivity index (χ2v) is 23.8. The van der Waals surface area contributed by atoms with Crippen LogP contribution in [0.4, 0.5) is 0 Å². The molecular formula is C58H106N2O3. The summed E-state index contributed by atoms with van der Waals surface area (Å²) in [6.45, 7) is 21.0. The van der Waals surface area contributed by atoms with Crippen molar-refractivity contribution in [3.05, 3.63) is 12.2 Å². The third kappa shape index (κ3) is 18.3. The molecule has 5 heteroatoms. The zero-order valence-corrected chi connectivity index (χ0v) is 43.2. The van der Waals surface area contributed by atoms with Crippen molar-refractivity contribution in [1.29, 1.82) is 0 Å². The standard InChI is InChI=1S/C58H106N2O3/c1-9-10-11-12-13-14-15-16-17-18-19-20-21-22-23-25-28-48-36-39-57(7)49(45-48)31-32-50-52-34-33-51(58(52,8)40-37-53(50)57)47(4)30-35-55(62)59-42-27-24-26-29-54(61)60-43-41-56(5,6)63-44-38-46(2)3/h16-17,46-53H,9-15,18-45H2,1-8H3,(H,59,62)(H,60,61)/b17-16-/t47-,48?,49?,50?,51-,52?,53?,57+,58-/m1/s1. The molecule has 0 aromatic carbocycles. The lowest BCUT2D eigenvalue weighted by Gasteiger charge is -2.61. The molecule has 0 aromatic rings. The summed E-state index contributed by atoms with van der Waals surface area (Å²) in [5.74, 6) is 7.12. The van der Waals surface area contributed by atoms with E-state index in [4.69, 9.17) is 4.74 Å². The number of carbonyl (C=O) groups excluding carboxylic acids is 2. The fourth-order valence-corrected chi connectivity index (χ4v) is 14.0. The molecule has 0 aromatic heterocycles. The largest absolute Gasteiger partial charge is 0.375 e. The first kappa shape index (κ1) is 54.2. The van der Waals surface area contributed by atoms with Crippen molar-refractivity contribution in [2.75, 3.05) is 19.7 Å². The third-order valence-corrected chi connectivity index (χ3v) is 18.1. The number of hydrogen-bond acceptors (Lipinski definition) is 3. The SMILES string of the molecule is CCCCCCCC/C=C\CCCCCCCCC1CC[C@@]2(C)C(CCC3C2CC[C@@]2(C)C3CC[C@@H]2[C@H](C)CCC(=O)NCCCCCC(=O)NCCC(C)(C)OCCC(C)C)C1. The van der Waals surface area contributed by atoms with Crippen LogP contribution in [0.25, 0.3) is 0 Å². The number of fused-ring (bicyclic) bond motifs is 5. The van der Waals surface area contributed by atoms with E-state index in [0.717, 1.165) is 87.2 Å². The molecule has 0 heterocycles. The maximum Gasteiger partial charge on any atom is 0.220 e. The molecule has 4 saturated carbocycles. The number of rotatable bonds is 33. The first-order valence-corrected chi connectivity index (χ1v) is 28.1. The van der Waals surface area contributed by atoms with E-state index in [1.165, 1.54) is 154 Å². The number of nitrogens with one attached hydrogen (secondary N) is 2. The number of carbonyl (C=O) groups is 2. The molecule has 5 nitrogen and oxygen atoms in total. The summed E-state index contributed by atoms with van der Waals surface area (Å²) in [4.78, 5) is 25.3. The van der Waals surface area contributed by atoms with E-state index < -0.39 is 0 Å². The monoisotopic (exact) mass is 879 g/mol.